The van der Waals surface area contributed by atoms with Crippen LogP contribution in [0, 0.1) is 0 Å². The summed E-state index contributed by atoms with van der Waals surface area (Å²) in [6.07, 6.45) is 2.31. The quantitative estimate of drug-likeness (QED) is 0.749. The largest absolute Gasteiger partial charge is 0.494 e. The fourth-order valence-electron chi connectivity index (χ4n) is 3.60. The second-order valence-electron chi connectivity index (χ2n) is 7.03. The summed E-state index contributed by atoms with van der Waals surface area (Å²) in [5, 5.41) is 0. The second kappa shape index (κ2) is 8.13. The van der Waals surface area contributed by atoms with Gasteiger partial charge in [-0.25, -0.2) is 0 Å². The Bertz CT molecular complexity index is 476. The first-order valence-corrected chi connectivity index (χ1v) is 9.11. The molecule has 0 unspecified atom stereocenters. The maximum absolute atomic E-state index is 5.75. The highest BCUT2D eigenvalue weighted by atomic mass is 16.5. The van der Waals surface area contributed by atoms with Crippen molar-refractivity contribution in [3.63, 3.8) is 0 Å². The number of hydrogen-bond donors (Lipinski definition) is 0. The summed E-state index contributed by atoms with van der Waals surface area (Å²) in [5.74, 6) is 1.00. The molecule has 3 rings (SSSR count). The maximum Gasteiger partial charge on any atom is 0.119 e. The van der Waals surface area contributed by atoms with Gasteiger partial charge >= 0.3 is 0 Å². The topological polar surface area (TPSA) is 19.0 Å². The second-order valence-corrected chi connectivity index (χ2v) is 7.03. The molecule has 0 bridgehead atoms. The Morgan fingerprint density at radius 1 is 1.04 bits per heavy atom. The van der Waals surface area contributed by atoms with Crippen LogP contribution in [0.2, 0.25) is 0 Å². The van der Waals surface area contributed by atoms with E-state index in [9.17, 15) is 0 Å². The van der Waals surface area contributed by atoms with Crippen molar-refractivity contribution in [2.75, 3.05) is 52.9 Å². The van der Waals surface area contributed by atoms with Gasteiger partial charge < -0.3 is 9.64 Å². The monoisotopic (exact) mass is 317 g/mol. The van der Waals surface area contributed by atoms with Crippen LogP contribution in [-0.4, -0.2) is 73.7 Å². The van der Waals surface area contributed by atoms with E-state index in [1.54, 1.807) is 0 Å². The van der Waals surface area contributed by atoms with Crippen molar-refractivity contribution in [1.29, 1.82) is 0 Å². The summed E-state index contributed by atoms with van der Waals surface area (Å²) in [6, 6.07) is 9.39. The van der Waals surface area contributed by atoms with Crippen LogP contribution in [-0.2, 0) is 6.54 Å². The molecule has 2 aliphatic rings. The number of benzene rings is 1. The molecule has 0 amide bonds. The predicted octanol–water partition coefficient (Wildman–Crippen LogP) is 2.30. The summed E-state index contributed by atoms with van der Waals surface area (Å²) in [4.78, 5) is 7.74. The van der Waals surface area contributed by atoms with E-state index in [1.807, 2.05) is 0 Å². The van der Waals surface area contributed by atoms with E-state index in [1.165, 1.54) is 51.3 Å². The zero-order valence-corrected chi connectivity index (χ0v) is 14.7. The third-order valence-corrected chi connectivity index (χ3v) is 5.08. The fourth-order valence-corrected chi connectivity index (χ4v) is 3.60. The standard InChI is InChI=1S/C19H31N3O/c1-3-4-13-23-19-7-5-17(6-8-19)14-21-10-12-22-11-9-20(2)15-18(22)16-21/h5-8,18H,3-4,9-16H2,1-2H3/t18-/m0/s1. The van der Waals surface area contributed by atoms with Crippen molar-refractivity contribution in [2.45, 2.75) is 32.4 Å². The lowest BCUT2D eigenvalue weighted by atomic mass is 10.1. The normalized spacial score (nSPS) is 23.7. The lowest BCUT2D eigenvalue weighted by Gasteiger charge is -2.46. The molecule has 0 aromatic heterocycles. The number of nitrogens with zero attached hydrogens (tertiary/aromatic N) is 3. The minimum atomic E-state index is 0.708. The molecule has 2 heterocycles. The Hall–Kier alpha value is -1.10. The molecule has 0 aliphatic carbocycles. The van der Waals surface area contributed by atoms with Crippen LogP contribution in [0.3, 0.4) is 0 Å². The third kappa shape index (κ3) is 4.69. The molecule has 2 fully saturated rings. The lowest BCUT2D eigenvalue weighted by Crippen LogP contribution is -2.60. The SMILES string of the molecule is CCCCOc1ccc(CN2CCN3CCN(C)C[C@H]3C2)cc1. The molecule has 23 heavy (non-hydrogen) atoms. The van der Waals surface area contributed by atoms with Gasteiger partial charge in [0.25, 0.3) is 0 Å². The Kier molecular flexibility index (Phi) is 5.92. The third-order valence-electron chi connectivity index (χ3n) is 5.08. The highest BCUT2D eigenvalue weighted by Gasteiger charge is 2.30. The molecule has 0 radical (unpaired) electrons. The molecule has 2 saturated heterocycles. The molecule has 4 nitrogen and oxygen atoms in total. The number of rotatable bonds is 6. The summed E-state index contributed by atoms with van der Waals surface area (Å²) in [5.41, 5.74) is 1.39. The summed E-state index contributed by atoms with van der Waals surface area (Å²) >= 11 is 0. The molecule has 4 heteroatoms. The van der Waals surface area contributed by atoms with E-state index in [0.717, 1.165) is 25.3 Å². The Morgan fingerprint density at radius 2 is 1.83 bits per heavy atom. The first kappa shape index (κ1) is 16.7. The van der Waals surface area contributed by atoms with Crippen molar-refractivity contribution in [3.05, 3.63) is 29.8 Å². The van der Waals surface area contributed by atoms with E-state index in [4.69, 9.17) is 4.74 Å². The Morgan fingerprint density at radius 3 is 2.61 bits per heavy atom. The van der Waals surface area contributed by atoms with Crippen molar-refractivity contribution in [1.82, 2.24) is 14.7 Å². The average molecular weight is 317 g/mol. The molecule has 1 aromatic rings. The van der Waals surface area contributed by atoms with Crippen LogP contribution in [0.25, 0.3) is 0 Å². The number of ether oxygens (including phenoxy) is 1. The average Bonchev–Trinajstić information content (AvgIpc) is 2.56. The summed E-state index contributed by atoms with van der Waals surface area (Å²) in [7, 11) is 2.24. The van der Waals surface area contributed by atoms with Gasteiger partial charge in [0.2, 0.25) is 0 Å². The van der Waals surface area contributed by atoms with Gasteiger partial charge in [-0.15, -0.1) is 0 Å². The van der Waals surface area contributed by atoms with Gasteiger partial charge in [-0.1, -0.05) is 25.5 Å². The minimum Gasteiger partial charge on any atom is -0.494 e. The van der Waals surface area contributed by atoms with Crippen LogP contribution in [0.15, 0.2) is 24.3 Å². The summed E-state index contributed by atoms with van der Waals surface area (Å²) < 4.78 is 5.75. The van der Waals surface area contributed by atoms with E-state index < -0.39 is 0 Å². The minimum absolute atomic E-state index is 0.708. The van der Waals surface area contributed by atoms with E-state index in [-0.39, 0.29) is 0 Å². The molecule has 1 atom stereocenters. The van der Waals surface area contributed by atoms with Crippen LogP contribution in [0.1, 0.15) is 25.3 Å². The number of likely N-dealkylation sites (N-methyl/N-ethyl adjacent to an activating group) is 1. The highest BCUT2D eigenvalue weighted by Crippen LogP contribution is 2.18. The van der Waals surface area contributed by atoms with Crippen molar-refractivity contribution >= 4 is 0 Å². The molecular formula is C19H31N3O. The number of fused-ring (bicyclic) bond motifs is 1. The number of piperazine rings is 2. The Labute approximate surface area is 141 Å². The zero-order chi connectivity index (χ0) is 16.1. The van der Waals surface area contributed by atoms with Crippen molar-refractivity contribution < 1.29 is 4.74 Å². The highest BCUT2D eigenvalue weighted by molar-refractivity contribution is 5.27. The molecule has 2 aliphatic heterocycles. The summed E-state index contributed by atoms with van der Waals surface area (Å²) in [6.45, 7) is 11.3. The van der Waals surface area contributed by atoms with Gasteiger partial charge in [0.05, 0.1) is 6.61 Å². The number of unbranched alkanes of at least 4 members (excludes halogenated alkanes) is 1. The van der Waals surface area contributed by atoms with Crippen molar-refractivity contribution in [3.8, 4) is 5.75 Å². The molecule has 128 valence electrons. The van der Waals surface area contributed by atoms with Gasteiger partial charge in [-0.05, 0) is 31.2 Å². The van der Waals surface area contributed by atoms with Crippen LogP contribution < -0.4 is 4.74 Å². The lowest BCUT2D eigenvalue weighted by molar-refractivity contribution is 0.0175. The van der Waals surface area contributed by atoms with Gasteiger partial charge in [0, 0.05) is 51.9 Å². The van der Waals surface area contributed by atoms with E-state index >= 15 is 0 Å². The molecule has 0 spiro atoms. The van der Waals surface area contributed by atoms with E-state index in [0.29, 0.717) is 6.04 Å². The van der Waals surface area contributed by atoms with Crippen molar-refractivity contribution in [2.24, 2.45) is 0 Å². The van der Waals surface area contributed by atoms with Crippen LogP contribution in [0.4, 0.5) is 0 Å². The Balaban J connectivity index is 1.49. The molecule has 1 aromatic carbocycles. The smallest absolute Gasteiger partial charge is 0.119 e. The number of hydrogen-bond acceptors (Lipinski definition) is 4. The predicted molar refractivity (Wildman–Crippen MR) is 95.0 cm³/mol. The molecule has 0 N–H and O–H groups in total. The fraction of sp³-hybridized carbons (Fsp3) is 0.684. The van der Waals surface area contributed by atoms with Gasteiger partial charge in [0.15, 0.2) is 0 Å². The van der Waals surface area contributed by atoms with Gasteiger partial charge in [-0.3, -0.25) is 9.80 Å². The first-order valence-electron chi connectivity index (χ1n) is 9.11. The van der Waals surface area contributed by atoms with E-state index in [2.05, 4.69) is 52.9 Å². The molecular weight excluding hydrogens is 286 g/mol. The molecule has 0 saturated carbocycles. The zero-order valence-electron chi connectivity index (χ0n) is 14.7. The first-order chi connectivity index (χ1) is 11.2. The van der Waals surface area contributed by atoms with Crippen LogP contribution >= 0.6 is 0 Å². The van der Waals surface area contributed by atoms with Gasteiger partial charge in [0.1, 0.15) is 5.75 Å². The van der Waals surface area contributed by atoms with Crippen LogP contribution in [0.5, 0.6) is 5.75 Å². The maximum atomic E-state index is 5.75. The van der Waals surface area contributed by atoms with Gasteiger partial charge in [-0.2, -0.15) is 0 Å².